The third-order valence-electron chi connectivity index (χ3n) is 6.50. The summed E-state index contributed by atoms with van der Waals surface area (Å²) in [6.07, 6.45) is 0.881. The largest absolute Gasteiger partial charge is 0.494 e. The second-order valence-electron chi connectivity index (χ2n) is 8.74. The Hall–Kier alpha value is -2.35. The number of nitrogens with zero attached hydrogens (tertiary/aromatic N) is 2. The van der Waals surface area contributed by atoms with Crippen molar-refractivity contribution in [2.45, 2.75) is 34.1 Å². The fourth-order valence-corrected chi connectivity index (χ4v) is 7.04. The maximum atomic E-state index is 13.6. The summed E-state index contributed by atoms with van der Waals surface area (Å²) in [6.45, 7) is 2.40. The van der Waals surface area contributed by atoms with Crippen LogP contribution in [0.5, 0.6) is 5.75 Å². The van der Waals surface area contributed by atoms with Crippen LogP contribution >= 0.6 is 24.2 Å². The molecule has 0 radical (unpaired) electrons. The lowest BCUT2D eigenvalue weighted by molar-refractivity contribution is -0.133. The van der Waals surface area contributed by atoms with Crippen molar-refractivity contribution < 1.29 is 32.3 Å². The Morgan fingerprint density at radius 3 is 2.53 bits per heavy atom. The predicted octanol–water partition coefficient (Wildman–Crippen LogP) is 3.57. The van der Waals surface area contributed by atoms with E-state index in [-0.39, 0.29) is 30.1 Å². The van der Waals surface area contributed by atoms with E-state index >= 15 is 0 Å². The minimum Gasteiger partial charge on any atom is -0.494 e. The number of oxazole rings is 1. The Labute approximate surface area is 232 Å². The Kier molecular flexibility index (Phi) is 10.8. The number of sulfone groups is 1. The van der Waals surface area contributed by atoms with Gasteiger partial charge in [-0.25, -0.2) is 18.9 Å². The van der Waals surface area contributed by atoms with Crippen LogP contribution in [0, 0.1) is 0 Å². The Bertz CT molecular complexity index is 1260. The van der Waals surface area contributed by atoms with Gasteiger partial charge in [0.05, 0.1) is 18.1 Å². The van der Waals surface area contributed by atoms with Gasteiger partial charge in [0, 0.05) is 32.5 Å². The molecule has 1 saturated heterocycles. The van der Waals surface area contributed by atoms with Crippen LogP contribution in [0.1, 0.15) is 19.3 Å². The number of piperidine rings is 1. The van der Waals surface area contributed by atoms with Crippen LogP contribution in [-0.4, -0.2) is 79.9 Å². The highest BCUT2D eigenvalue weighted by molar-refractivity contribution is 7.99. The normalized spacial score (nSPS) is 15.6. The summed E-state index contributed by atoms with van der Waals surface area (Å²) in [5.74, 6) is 0.371. The first kappa shape index (κ1) is 30.2. The molecule has 0 aliphatic carbocycles. The van der Waals surface area contributed by atoms with E-state index in [1.165, 1.54) is 23.9 Å². The lowest BCUT2D eigenvalue weighted by atomic mass is 9.95. The van der Waals surface area contributed by atoms with E-state index < -0.39 is 20.5 Å². The molecular weight excluding hydrogens is 554 g/mol. The smallest absolute Gasteiger partial charge is 0.265 e. The lowest BCUT2D eigenvalue weighted by Crippen LogP contribution is -2.57. The molecule has 1 fully saturated rings. The van der Waals surface area contributed by atoms with Crippen LogP contribution in [0.3, 0.4) is 0 Å². The van der Waals surface area contributed by atoms with Crippen LogP contribution in [0.15, 0.2) is 63.1 Å². The molecule has 0 spiro atoms. The van der Waals surface area contributed by atoms with E-state index in [1.54, 1.807) is 24.7 Å². The zero-order valence-electron chi connectivity index (χ0n) is 21.0. The molecule has 0 bridgehead atoms. The predicted molar refractivity (Wildman–Crippen MR) is 146 cm³/mol. The third-order valence-corrected chi connectivity index (χ3v) is 9.93. The highest BCUT2D eigenvalue weighted by Gasteiger charge is 2.52. The Morgan fingerprint density at radius 2 is 1.87 bits per heavy atom. The van der Waals surface area contributed by atoms with Gasteiger partial charge < -0.3 is 18.8 Å². The number of benzene rings is 2. The number of fused-ring (bicyclic) bond motifs is 1. The van der Waals surface area contributed by atoms with Gasteiger partial charge in [-0.05, 0) is 55.7 Å². The molecule has 2 N–H and O–H groups in total. The number of hydrogen-bond acceptors (Lipinski definition) is 10. The molecule has 4 rings (SSSR count). The summed E-state index contributed by atoms with van der Waals surface area (Å²) in [5, 5.41) is 9.95. The molecule has 0 unspecified atom stereocenters. The average molecular weight is 586 g/mol. The zero-order chi connectivity index (χ0) is 26.3. The van der Waals surface area contributed by atoms with Gasteiger partial charge in [-0.2, -0.15) is 0 Å². The standard InChI is InChI=1S/C25H31N3O7S2.ClH/c1-33-17-15-28-13-11-25(12-14-28,23(29)27-30)37(31,32)20-9-7-19(8-10-20)34-16-4-18-36-24-26-21-5-2-3-6-22(21)35-24;/h2-3,5-10,30H,4,11-18H2,1H3,(H,27,29);1H. The Balaban J connectivity index is 0.00000400. The molecule has 1 aliphatic heterocycles. The summed E-state index contributed by atoms with van der Waals surface area (Å²) >= 11 is 1.51. The minimum absolute atomic E-state index is 0. The molecule has 1 aliphatic rings. The number of thioether (sulfide) groups is 1. The first-order valence-electron chi connectivity index (χ1n) is 12.0. The van der Waals surface area contributed by atoms with Crippen molar-refractivity contribution in [1.29, 1.82) is 0 Å². The molecule has 3 aromatic rings. The van der Waals surface area contributed by atoms with Crippen LogP contribution in [-0.2, 0) is 19.4 Å². The molecule has 1 amide bonds. The number of hydroxylamine groups is 1. The monoisotopic (exact) mass is 585 g/mol. The van der Waals surface area contributed by atoms with Gasteiger partial charge in [0.15, 0.2) is 20.2 Å². The van der Waals surface area contributed by atoms with Gasteiger partial charge in [-0.3, -0.25) is 10.0 Å². The third kappa shape index (κ3) is 6.61. The molecule has 1 aromatic heterocycles. The van der Waals surface area contributed by atoms with E-state index in [0.717, 1.165) is 23.3 Å². The summed E-state index contributed by atoms with van der Waals surface area (Å²) < 4.78 is 41.9. The second kappa shape index (κ2) is 13.6. The zero-order valence-corrected chi connectivity index (χ0v) is 23.4. The van der Waals surface area contributed by atoms with Crippen LogP contribution in [0.4, 0.5) is 0 Å². The SMILES string of the molecule is COCCN1CCC(C(=O)NO)(S(=O)(=O)c2ccc(OCCCSc3nc4ccccc4o3)cc2)CC1.Cl. The van der Waals surface area contributed by atoms with Crippen molar-refractivity contribution in [3.63, 3.8) is 0 Å². The fourth-order valence-electron chi connectivity index (χ4n) is 4.34. The van der Waals surface area contributed by atoms with E-state index in [2.05, 4.69) is 4.98 Å². The number of likely N-dealkylation sites (tertiary alicyclic amines) is 1. The molecule has 2 aromatic carbocycles. The lowest BCUT2D eigenvalue weighted by Gasteiger charge is -2.39. The molecule has 10 nitrogen and oxygen atoms in total. The quantitative estimate of drug-likeness (QED) is 0.141. The number of amides is 1. The maximum absolute atomic E-state index is 13.6. The van der Waals surface area contributed by atoms with Crippen molar-refractivity contribution >= 4 is 51.0 Å². The average Bonchev–Trinajstić information content (AvgIpc) is 3.34. The number of ether oxygens (including phenoxy) is 2. The maximum Gasteiger partial charge on any atom is 0.265 e. The highest BCUT2D eigenvalue weighted by atomic mass is 35.5. The van der Waals surface area contributed by atoms with Gasteiger partial charge in [0.2, 0.25) is 0 Å². The van der Waals surface area contributed by atoms with E-state index in [9.17, 15) is 18.4 Å². The number of nitrogens with one attached hydrogen (secondary N) is 1. The summed E-state index contributed by atoms with van der Waals surface area (Å²) in [5.41, 5.74) is 3.16. The summed E-state index contributed by atoms with van der Waals surface area (Å²) in [4.78, 5) is 19.1. The van der Waals surface area contributed by atoms with Crippen molar-refractivity contribution in [1.82, 2.24) is 15.4 Å². The van der Waals surface area contributed by atoms with Crippen molar-refractivity contribution in [3.8, 4) is 5.75 Å². The number of halogens is 1. The molecule has 2 heterocycles. The van der Waals surface area contributed by atoms with Crippen molar-refractivity contribution in [3.05, 3.63) is 48.5 Å². The van der Waals surface area contributed by atoms with Gasteiger partial charge in [-0.1, -0.05) is 23.9 Å². The van der Waals surface area contributed by atoms with E-state index in [0.29, 0.717) is 43.8 Å². The number of para-hydroxylation sites is 2. The molecule has 0 atom stereocenters. The molecule has 38 heavy (non-hydrogen) atoms. The van der Waals surface area contributed by atoms with Crippen molar-refractivity contribution in [2.75, 3.05) is 45.7 Å². The van der Waals surface area contributed by atoms with E-state index in [1.807, 2.05) is 29.2 Å². The number of carbonyl (C=O) groups is 1. The highest BCUT2D eigenvalue weighted by Crippen LogP contribution is 2.36. The van der Waals surface area contributed by atoms with Crippen LogP contribution in [0.2, 0.25) is 0 Å². The fraction of sp³-hybridized carbons (Fsp3) is 0.440. The minimum atomic E-state index is -4.07. The van der Waals surface area contributed by atoms with Crippen LogP contribution < -0.4 is 10.2 Å². The number of carbonyl (C=O) groups excluding carboxylic acids is 1. The molecule has 208 valence electrons. The molecule has 13 heteroatoms. The van der Waals surface area contributed by atoms with Crippen LogP contribution in [0.25, 0.3) is 11.1 Å². The first-order valence-corrected chi connectivity index (χ1v) is 14.5. The second-order valence-corrected chi connectivity index (χ2v) is 12.0. The topological polar surface area (TPSA) is 131 Å². The molecule has 0 saturated carbocycles. The summed E-state index contributed by atoms with van der Waals surface area (Å²) in [6, 6.07) is 13.7. The van der Waals surface area contributed by atoms with E-state index in [4.69, 9.17) is 13.9 Å². The summed E-state index contributed by atoms with van der Waals surface area (Å²) in [7, 11) is -2.47. The Morgan fingerprint density at radius 1 is 1.16 bits per heavy atom. The van der Waals surface area contributed by atoms with Gasteiger partial charge in [-0.15, -0.1) is 12.4 Å². The van der Waals surface area contributed by atoms with Gasteiger partial charge in [0.25, 0.3) is 11.1 Å². The number of aromatic nitrogens is 1. The number of methoxy groups -OCH3 is 1. The number of rotatable bonds is 12. The van der Waals surface area contributed by atoms with Gasteiger partial charge >= 0.3 is 0 Å². The van der Waals surface area contributed by atoms with Gasteiger partial charge in [0.1, 0.15) is 11.3 Å². The van der Waals surface area contributed by atoms with Crippen molar-refractivity contribution in [2.24, 2.45) is 0 Å². The molecular formula is C25H32ClN3O7S2. The first-order chi connectivity index (χ1) is 17.9. The number of hydrogen-bond donors (Lipinski definition) is 2.